The molecule has 0 unspecified atom stereocenters. The third kappa shape index (κ3) is 2.19. The highest BCUT2D eigenvalue weighted by molar-refractivity contribution is 6.30. The van der Waals surface area contributed by atoms with Gasteiger partial charge in [0.2, 0.25) is 0 Å². The van der Waals surface area contributed by atoms with E-state index in [-0.39, 0.29) is 10.8 Å². The number of nitrogens with zero attached hydrogens (tertiary/aromatic N) is 3. The molecule has 0 aliphatic heterocycles. The molecule has 0 spiro atoms. The summed E-state index contributed by atoms with van der Waals surface area (Å²) in [6.07, 6.45) is 4.45. The Balaban J connectivity index is 1.72. The minimum absolute atomic E-state index is 0.164. The molecule has 2 heterocycles. The highest BCUT2D eigenvalue weighted by Gasteiger charge is 2.41. The maximum absolute atomic E-state index is 13.3. The van der Waals surface area contributed by atoms with Crippen molar-refractivity contribution in [1.29, 1.82) is 0 Å². The number of halogens is 3. The lowest BCUT2D eigenvalue weighted by Crippen LogP contribution is -1.96. The Morgan fingerprint density at radius 1 is 1.19 bits per heavy atom. The summed E-state index contributed by atoms with van der Waals surface area (Å²) >= 11 is 11.9. The minimum Gasteiger partial charge on any atom is -0.235 e. The van der Waals surface area contributed by atoms with Crippen LogP contribution in [0, 0.1) is 5.82 Å². The Labute approximate surface area is 130 Å². The van der Waals surface area contributed by atoms with Crippen LogP contribution in [0.2, 0.25) is 10.2 Å². The van der Waals surface area contributed by atoms with E-state index in [0.717, 1.165) is 23.2 Å². The SMILES string of the molecule is Fc1ccc([C@H]2C[C@@H]2c2cc(Cl)nn3ccnc23)cc1Cl. The van der Waals surface area contributed by atoms with E-state index in [1.54, 1.807) is 29.0 Å². The molecule has 0 radical (unpaired) electrons. The maximum Gasteiger partial charge on any atom is 0.157 e. The zero-order valence-electron chi connectivity index (χ0n) is 10.8. The molecule has 0 saturated heterocycles. The molecule has 1 saturated carbocycles. The van der Waals surface area contributed by atoms with E-state index in [0.29, 0.717) is 17.0 Å². The van der Waals surface area contributed by atoms with Crippen LogP contribution >= 0.6 is 23.2 Å². The lowest BCUT2D eigenvalue weighted by molar-refractivity contribution is 0.627. The molecule has 21 heavy (non-hydrogen) atoms. The predicted molar refractivity (Wildman–Crippen MR) is 79.5 cm³/mol. The number of fused-ring (bicyclic) bond motifs is 1. The first-order chi connectivity index (χ1) is 10.1. The third-order valence-corrected chi connectivity index (χ3v) is 4.39. The fourth-order valence-electron chi connectivity index (χ4n) is 2.83. The van der Waals surface area contributed by atoms with Gasteiger partial charge in [-0.25, -0.2) is 13.9 Å². The van der Waals surface area contributed by atoms with Gasteiger partial charge in [-0.2, -0.15) is 5.10 Å². The van der Waals surface area contributed by atoms with E-state index in [9.17, 15) is 4.39 Å². The first-order valence-corrected chi connectivity index (χ1v) is 7.34. The predicted octanol–water partition coefficient (Wildman–Crippen LogP) is 4.45. The Morgan fingerprint density at radius 2 is 2.05 bits per heavy atom. The van der Waals surface area contributed by atoms with Crippen molar-refractivity contribution in [2.24, 2.45) is 0 Å². The third-order valence-electron chi connectivity index (χ3n) is 3.92. The molecule has 0 amide bonds. The molecule has 0 N–H and O–H groups in total. The largest absolute Gasteiger partial charge is 0.235 e. The molecule has 1 aromatic carbocycles. The zero-order chi connectivity index (χ0) is 14.6. The number of imidazole rings is 1. The molecule has 4 rings (SSSR count). The van der Waals surface area contributed by atoms with E-state index in [1.807, 2.05) is 6.07 Å². The van der Waals surface area contributed by atoms with Gasteiger partial charge in [-0.15, -0.1) is 0 Å². The Morgan fingerprint density at radius 3 is 2.86 bits per heavy atom. The van der Waals surface area contributed by atoms with E-state index in [2.05, 4.69) is 10.1 Å². The van der Waals surface area contributed by atoms with Gasteiger partial charge in [-0.1, -0.05) is 29.3 Å². The second-order valence-corrected chi connectivity index (χ2v) is 6.03. The molecule has 0 bridgehead atoms. The summed E-state index contributed by atoms with van der Waals surface area (Å²) in [7, 11) is 0. The molecule has 2 aromatic heterocycles. The van der Waals surface area contributed by atoms with Gasteiger partial charge in [0.15, 0.2) is 5.65 Å². The Hall–Kier alpha value is -1.65. The van der Waals surface area contributed by atoms with Crippen LogP contribution in [0.1, 0.15) is 29.4 Å². The number of aromatic nitrogens is 3. The van der Waals surface area contributed by atoms with Crippen LogP contribution in [0.25, 0.3) is 5.65 Å². The average Bonchev–Trinajstić information content (AvgIpc) is 3.11. The molecule has 106 valence electrons. The normalized spacial score (nSPS) is 20.9. The standard InChI is InChI=1S/C15H10Cl2FN3/c16-12-5-8(1-2-13(12)18)9-6-10(9)11-7-14(17)20-21-4-3-19-15(11)21/h1-5,7,9-10H,6H2/t9-,10+/m1/s1. The van der Waals surface area contributed by atoms with Crippen molar-refractivity contribution in [3.05, 3.63) is 63.8 Å². The first-order valence-electron chi connectivity index (χ1n) is 6.58. The van der Waals surface area contributed by atoms with Crippen LogP contribution in [-0.2, 0) is 0 Å². The Bertz CT molecular complexity index is 846. The van der Waals surface area contributed by atoms with E-state index >= 15 is 0 Å². The molecule has 1 fully saturated rings. The van der Waals surface area contributed by atoms with Gasteiger partial charge >= 0.3 is 0 Å². The monoisotopic (exact) mass is 321 g/mol. The number of rotatable bonds is 2. The Kier molecular flexibility index (Phi) is 2.91. The van der Waals surface area contributed by atoms with Crippen molar-refractivity contribution in [3.63, 3.8) is 0 Å². The van der Waals surface area contributed by atoms with Gasteiger partial charge in [-0.05, 0) is 42.0 Å². The second-order valence-electron chi connectivity index (χ2n) is 5.24. The van der Waals surface area contributed by atoms with Crippen LogP contribution in [0.5, 0.6) is 0 Å². The van der Waals surface area contributed by atoms with Crippen molar-refractivity contribution in [2.75, 3.05) is 0 Å². The molecular formula is C15H10Cl2FN3. The lowest BCUT2D eigenvalue weighted by Gasteiger charge is -2.05. The summed E-state index contributed by atoms with van der Waals surface area (Å²) in [5.74, 6) is 0.249. The average molecular weight is 322 g/mol. The van der Waals surface area contributed by atoms with Crippen LogP contribution < -0.4 is 0 Å². The fraction of sp³-hybridized carbons (Fsp3) is 0.200. The highest BCUT2D eigenvalue weighted by atomic mass is 35.5. The van der Waals surface area contributed by atoms with Crippen LogP contribution in [0.4, 0.5) is 4.39 Å². The van der Waals surface area contributed by atoms with Crippen LogP contribution in [-0.4, -0.2) is 14.6 Å². The van der Waals surface area contributed by atoms with Gasteiger partial charge in [0.1, 0.15) is 11.0 Å². The van der Waals surface area contributed by atoms with Gasteiger partial charge < -0.3 is 0 Å². The van der Waals surface area contributed by atoms with E-state index in [4.69, 9.17) is 23.2 Å². The summed E-state index contributed by atoms with van der Waals surface area (Å²) in [6.45, 7) is 0. The van der Waals surface area contributed by atoms with Crippen molar-refractivity contribution < 1.29 is 4.39 Å². The molecule has 1 aliphatic carbocycles. The van der Waals surface area contributed by atoms with Gasteiger partial charge in [0.25, 0.3) is 0 Å². The summed E-state index contributed by atoms with van der Waals surface area (Å²) in [5.41, 5.74) is 2.94. The second kappa shape index (κ2) is 4.68. The maximum atomic E-state index is 13.3. The number of hydrogen-bond donors (Lipinski definition) is 0. The summed E-state index contributed by atoms with van der Waals surface area (Å²) in [5, 5.41) is 4.79. The molecule has 6 heteroatoms. The van der Waals surface area contributed by atoms with Crippen molar-refractivity contribution in [3.8, 4) is 0 Å². The van der Waals surface area contributed by atoms with Crippen molar-refractivity contribution >= 4 is 28.8 Å². The van der Waals surface area contributed by atoms with E-state index < -0.39 is 0 Å². The highest BCUT2D eigenvalue weighted by Crippen LogP contribution is 2.55. The van der Waals surface area contributed by atoms with Crippen LogP contribution in [0.3, 0.4) is 0 Å². The summed E-state index contributed by atoms with van der Waals surface area (Å²) < 4.78 is 14.9. The van der Waals surface area contributed by atoms with Gasteiger partial charge in [-0.3, -0.25) is 0 Å². The summed E-state index contributed by atoms with van der Waals surface area (Å²) in [6, 6.07) is 6.77. The number of benzene rings is 1. The van der Waals surface area contributed by atoms with Crippen LogP contribution in [0.15, 0.2) is 36.7 Å². The topological polar surface area (TPSA) is 30.2 Å². The molecular weight excluding hydrogens is 312 g/mol. The smallest absolute Gasteiger partial charge is 0.157 e. The van der Waals surface area contributed by atoms with Crippen molar-refractivity contribution in [1.82, 2.24) is 14.6 Å². The zero-order valence-corrected chi connectivity index (χ0v) is 12.3. The van der Waals surface area contributed by atoms with Gasteiger partial charge in [0, 0.05) is 18.0 Å². The van der Waals surface area contributed by atoms with E-state index in [1.165, 1.54) is 6.07 Å². The molecule has 1 aliphatic rings. The quantitative estimate of drug-likeness (QED) is 0.698. The first kappa shape index (κ1) is 13.0. The molecule has 3 aromatic rings. The fourth-order valence-corrected chi connectivity index (χ4v) is 3.22. The minimum atomic E-state index is -0.389. The molecule has 2 atom stereocenters. The molecule has 3 nitrogen and oxygen atoms in total. The summed E-state index contributed by atoms with van der Waals surface area (Å²) in [4.78, 5) is 4.34. The van der Waals surface area contributed by atoms with Crippen molar-refractivity contribution in [2.45, 2.75) is 18.3 Å². The van der Waals surface area contributed by atoms with Gasteiger partial charge in [0.05, 0.1) is 5.02 Å². The lowest BCUT2D eigenvalue weighted by atomic mass is 10.1. The number of hydrogen-bond acceptors (Lipinski definition) is 2.